The number of rotatable bonds is 4. The van der Waals surface area contributed by atoms with Crippen LogP contribution in [0, 0.1) is 0 Å². The molecule has 16 heavy (non-hydrogen) atoms. The van der Waals surface area contributed by atoms with Crippen LogP contribution in [0.3, 0.4) is 0 Å². The molecule has 1 saturated carbocycles. The van der Waals surface area contributed by atoms with Crippen molar-refractivity contribution < 1.29 is 14.6 Å². The Balaban J connectivity index is 1.87. The van der Waals surface area contributed by atoms with Crippen LogP contribution in [-0.4, -0.2) is 23.3 Å². The molecule has 4 nitrogen and oxygen atoms in total. The summed E-state index contributed by atoms with van der Waals surface area (Å²) in [5.74, 6) is 0.752. The van der Waals surface area contributed by atoms with E-state index in [-0.39, 0.29) is 5.54 Å². The van der Waals surface area contributed by atoms with Gasteiger partial charge in [0.15, 0.2) is 0 Å². The van der Waals surface area contributed by atoms with Crippen LogP contribution in [0.15, 0.2) is 28.7 Å². The first-order valence-electron chi connectivity index (χ1n) is 4.99. The number of hydrogen-bond donors (Lipinski definition) is 2. The summed E-state index contributed by atoms with van der Waals surface area (Å²) in [5, 5.41) is 11.1. The molecule has 1 aliphatic carbocycles. The summed E-state index contributed by atoms with van der Waals surface area (Å²) >= 11 is 3.34. The highest BCUT2D eigenvalue weighted by atomic mass is 79.9. The minimum atomic E-state index is -0.989. The lowest BCUT2D eigenvalue weighted by molar-refractivity contribution is 0.177. The van der Waals surface area contributed by atoms with Gasteiger partial charge in [-0.15, -0.1) is 0 Å². The Morgan fingerprint density at radius 1 is 1.44 bits per heavy atom. The largest absolute Gasteiger partial charge is 0.491 e. The molecule has 1 fully saturated rings. The summed E-state index contributed by atoms with van der Waals surface area (Å²) in [6.45, 7) is 0.390. The van der Waals surface area contributed by atoms with E-state index >= 15 is 0 Å². The maximum atomic E-state index is 10.5. The molecule has 0 aromatic heterocycles. The zero-order valence-corrected chi connectivity index (χ0v) is 10.2. The van der Waals surface area contributed by atoms with Crippen LogP contribution in [0.5, 0.6) is 5.75 Å². The average molecular weight is 286 g/mol. The fourth-order valence-electron chi connectivity index (χ4n) is 1.44. The maximum absolute atomic E-state index is 10.5. The van der Waals surface area contributed by atoms with E-state index in [1.165, 1.54) is 0 Å². The number of hydrogen-bond acceptors (Lipinski definition) is 2. The van der Waals surface area contributed by atoms with Crippen LogP contribution in [0.1, 0.15) is 12.8 Å². The van der Waals surface area contributed by atoms with Gasteiger partial charge in [0.2, 0.25) is 0 Å². The third-order valence-electron chi connectivity index (χ3n) is 2.55. The molecule has 5 heteroatoms. The van der Waals surface area contributed by atoms with Crippen molar-refractivity contribution in [3.8, 4) is 5.75 Å². The van der Waals surface area contributed by atoms with Gasteiger partial charge in [-0.25, -0.2) is 4.79 Å². The fraction of sp³-hybridized carbons (Fsp3) is 0.364. The molecular formula is C11H12BrNO3. The Labute approximate surface area is 102 Å². The van der Waals surface area contributed by atoms with Gasteiger partial charge in [0.05, 0.1) is 5.54 Å². The maximum Gasteiger partial charge on any atom is 0.405 e. The molecule has 0 atom stereocenters. The molecule has 1 aliphatic rings. The van der Waals surface area contributed by atoms with Crippen molar-refractivity contribution >= 4 is 22.0 Å². The number of halogens is 1. The molecule has 0 spiro atoms. The standard InChI is InChI=1S/C11H12BrNO3/c12-8-1-3-9(4-2-8)16-7-11(5-6-11)13-10(14)15/h1-4,13H,5-7H2,(H,14,15). The highest BCUT2D eigenvalue weighted by Gasteiger charge is 2.45. The van der Waals surface area contributed by atoms with Crippen molar-refractivity contribution in [1.29, 1.82) is 0 Å². The minimum absolute atomic E-state index is 0.362. The number of carbonyl (C=O) groups is 1. The summed E-state index contributed by atoms with van der Waals surface area (Å²) in [7, 11) is 0. The van der Waals surface area contributed by atoms with Crippen LogP contribution in [0.4, 0.5) is 4.79 Å². The van der Waals surface area contributed by atoms with E-state index in [1.807, 2.05) is 24.3 Å². The lowest BCUT2D eigenvalue weighted by atomic mass is 10.3. The van der Waals surface area contributed by atoms with E-state index in [9.17, 15) is 4.79 Å². The van der Waals surface area contributed by atoms with Gasteiger partial charge in [-0.3, -0.25) is 0 Å². The molecule has 0 bridgehead atoms. The summed E-state index contributed by atoms with van der Waals surface area (Å²) < 4.78 is 6.53. The molecule has 2 N–H and O–H groups in total. The monoisotopic (exact) mass is 285 g/mol. The second-order valence-corrected chi connectivity index (χ2v) is 4.87. The molecule has 0 unspecified atom stereocenters. The SMILES string of the molecule is O=C(O)NC1(COc2ccc(Br)cc2)CC1. The normalized spacial score (nSPS) is 16.6. The van der Waals surface area contributed by atoms with Crippen LogP contribution in [0.2, 0.25) is 0 Å². The van der Waals surface area contributed by atoms with Gasteiger partial charge in [-0.2, -0.15) is 0 Å². The van der Waals surface area contributed by atoms with E-state index in [4.69, 9.17) is 9.84 Å². The third-order valence-corrected chi connectivity index (χ3v) is 3.08. The quantitative estimate of drug-likeness (QED) is 0.894. The number of nitrogens with one attached hydrogen (secondary N) is 1. The Kier molecular flexibility index (Phi) is 3.05. The smallest absolute Gasteiger partial charge is 0.405 e. The molecule has 0 heterocycles. The lowest BCUT2D eigenvalue weighted by Gasteiger charge is -2.16. The topological polar surface area (TPSA) is 58.6 Å². The van der Waals surface area contributed by atoms with Crippen molar-refractivity contribution in [2.75, 3.05) is 6.61 Å². The van der Waals surface area contributed by atoms with Crippen molar-refractivity contribution in [3.63, 3.8) is 0 Å². The van der Waals surface area contributed by atoms with Crippen molar-refractivity contribution in [2.45, 2.75) is 18.4 Å². The van der Waals surface area contributed by atoms with E-state index in [0.717, 1.165) is 23.1 Å². The number of carboxylic acid groups (broad SMARTS) is 1. The van der Waals surface area contributed by atoms with Crippen LogP contribution < -0.4 is 10.1 Å². The number of ether oxygens (including phenoxy) is 1. The predicted molar refractivity (Wildman–Crippen MR) is 62.8 cm³/mol. The van der Waals surface area contributed by atoms with E-state index in [0.29, 0.717) is 6.61 Å². The molecule has 1 aromatic rings. The predicted octanol–water partition coefficient (Wildman–Crippen LogP) is 2.63. The fourth-order valence-corrected chi connectivity index (χ4v) is 1.70. The lowest BCUT2D eigenvalue weighted by Crippen LogP contribution is -2.40. The second kappa shape index (κ2) is 4.33. The van der Waals surface area contributed by atoms with Crippen LogP contribution in [-0.2, 0) is 0 Å². The Hall–Kier alpha value is -1.23. The first kappa shape index (κ1) is 11.3. The van der Waals surface area contributed by atoms with Gasteiger partial charge in [0, 0.05) is 4.47 Å². The van der Waals surface area contributed by atoms with Gasteiger partial charge >= 0.3 is 6.09 Å². The third kappa shape index (κ3) is 2.88. The molecule has 0 radical (unpaired) electrons. The van der Waals surface area contributed by atoms with Crippen molar-refractivity contribution in [2.24, 2.45) is 0 Å². The molecule has 2 rings (SSSR count). The molecule has 1 aromatic carbocycles. The summed E-state index contributed by atoms with van der Waals surface area (Å²) in [5.41, 5.74) is -0.362. The second-order valence-electron chi connectivity index (χ2n) is 3.95. The minimum Gasteiger partial charge on any atom is -0.491 e. The number of benzene rings is 1. The summed E-state index contributed by atoms with van der Waals surface area (Å²) in [6, 6.07) is 7.47. The van der Waals surface area contributed by atoms with Gasteiger partial charge < -0.3 is 15.2 Å². The van der Waals surface area contributed by atoms with Gasteiger partial charge in [-0.05, 0) is 37.1 Å². The van der Waals surface area contributed by atoms with Crippen LogP contribution >= 0.6 is 15.9 Å². The van der Waals surface area contributed by atoms with Gasteiger partial charge in [0.25, 0.3) is 0 Å². The molecule has 1 amide bonds. The Morgan fingerprint density at radius 2 is 2.06 bits per heavy atom. The van der Waals surface area contributed by atoms with Gasteiger partial charge in [0.1, 0.15) is 12.4 Å². The van der Waals surface area contributed by atoms with Crippen molar-refractivity contribution in [1.82, 2.24) is 5.32 Å². The van der Waals surface area contributed by atoms with Gasteiger partial charge in [-0.1, -0.05) is 15.9 Å². The first-order valence-corrected chi connectivity index (χ1v) is 5.78. The first-order chi connectivity index (χ1) is 7.60. The molecule has 0 saturated heterocycles. The van der Waals surface area contributed by atoms with Crippen molar-refractivity contribution in [3.05, 3.63) is 28.7 Å². The molecular weight excluding hydrogens is 274 g/mol. The van der Waals surface area contributed by atoms with E-state index < -0.39 is 6.09 Å². The Morgan fingerprint density at radius 3 is 2.56 bits per heavy atom. The highest BCUT2D eigenvalue weighted by Crippen LogP contribution is 2.35. The van der Waals surface area contributed by atoms with Crippen LogP contribution in [0.25, 0.3) is 0 Å². The molecule has 0 aliphatic heterocycles. The molecule has 86 valence electrons. The van der Waals surface area contributed by atoms with E-state index in [2.05, 4.69) is 21.2 Å². The number of amides is 1. The summed E-state index contributed by atoms with van der Waals surface area (Å²) in [4.78, 5) is 10.5. The highest BCUT2D eigenvalue weighted by molar-refractivity contribution is 9.10. The zero-order valence-electron chi connectivity index (χ0n) is 8.57. The van der Waals surface area contributed by atoms with E-state index in [1.54, 1.807) is 0 Å². The summed E-state index contributed by atoms with van der Waals surface area (Å²) in [6.07, 6.45) is 0.697. The average Bonchev–Trinajstić information content (AvgIpc) is 2.97. The Bertz CT molecular complexity index is 387. The zero-order chi connectivity index (χ0) is 11.6.